The van der Waals surface area contributed by atoms with Crippen molar-refractivity contribution in [1.29, 1.82) is 5.26 Å². The SMILES string of the molecule is C.CN(CCC#N)c1ccc(N=Nc2scc[n+]2C)cc1. The van der Waals surface area contributed by atoms with Crippen LogP contribution >= 0.6 is 11.3 Å². The Morgan fingerprint density at radius 2 is 2.00 bits per heavy atom. The fourth-order valence-corrected chi connectivity index (χ4v) is 2.32. The Kier molecular flexibility index (Phi) is 6.50. The molecule has 0 radical (unpaired) electrons. The highest BCUT2D eigenvalue weighted by Gasteiger charge is 2.07. The number of azo groups is 1. The number of hydrogen-bond donors (Lipinski definition) is 0. The van der Waals surface area contributed by atoms with E-state index in [0.717, 1.165) is 23.1 Å². The predicted octanol–water partition coefficient (Wildman–Crippen LogP) is 3.97. The van der Waals surface area contributed by atoms with Crippen LogP contribution in [0.5, 0.6) is 0 Å². The molecule has 0 bridgehead atoms. The summed E-state index contributed by atoms with van der Waals surface area (Å²) in [6.45, 7) is 0.725. The number of nitriles is 1. The van der Waals surface area contributed by atoms with E-state index in [1.54, 1.807) is 11.3 Å². The van der Waals surface area contributed by atoms with Gasteiger partial charge in [-0.1, -0.05) is 7.43 Å². The van der Waals surface area contributed by atoms with E-state index >= 15 is 0 Å². The molecule has 110 valence electrons. The molecule has 2 rings (SSSR count). The van der Waals surface area contributed by atoms with Crippen LogP contribution in [0.25, 0.3) is 0 Å². The standard InChI is InChI=1S/C14H16N5S.CH4/c1-18(9-3-8-15)13-6-4-12(5-7-13)16-17-14-19(2)10-11-20-14;/h4-7,10-11H,3,9H2,1-2H3;1H4/q+1;. The van der Waals surface area contributed by atoms with Gasteiger partial charge in [0, 0.05) is 24.7 Å². The van der Waals surface area contributed by atoms with E-state index in [-0.39, 0.29) is 7.43 Å². The molecule has 1 aromatic carbocycles. The largest absolute Gasteiger partial charge is 0.408 e. The molecule has 1 aromatic heterocycles. The Morgan fingerprint density at radius 3 is 2.57 bits per heavy atom. The molecule has 0 atom stereocenters. The zero-order valence-electron chi connectivity index (χ0n) is 11.5. The van der Waals surface area contributed by atoms with Crippen LogP contribution in [-0.2, 0) is 7.05 Å². The van der Waals surface area contributed by atoms with Gasteiger partial charge in [0.25, 0.3) is 0 Å². The maximum Gasteiger partial charge on any atom is 0.408 e. The summed E-state index contributed by atoms with van der Waals surface area (Å²) in [4.78, 5) is 2.05. The molecule has 0 saturated heterocycles. The van der Waals surface area contributed by atoms with Crippen LogP contribution < -0.4 is 9.47 Å². The average Bonchev–Trinajstić information content (AvgIpc) is 2.88. The van der Waals surface area contributed by atoms with E-state index in [1.807, 2.05) is 59.4 Å². The molecule has 5 nitrogen and oxygen atoms in total. The van der Waals surface area contributed by atoms with E-state index in [4.69, 9.17) is 5.26 Å². The summed E-state index contributed by atoms with van der Waals surface area (Å²) < 4.78 is 1.93. The monoisotopic (exact) mass is 302 g/mol. The number of benzene rings is 1. The molecule has 6 heteroatoms. The first-order valence-electron chi connectivity index (χ1n) is 6.23. The van der Waals surface area contributed by atoms with Crippen LogP contribution in [0.2, 0.25) is 0 Å². The first kappa shape index (κ1) is 16.8. The zero-order valence-corrected chi connectivity index (χ0v) is 12.3. The number of hydrogen-bond acceptors (Lipinski definition) is 5. The highest BCUT2D eigenvalue weighted by atomic mass is 32.1. The minimum Gasteiger partial charge on any atom is -0.374 e. The van der Waals surface area contributed by atoms with Crippen LogP contribution in [0.4, 0.5) is 16.5 Å². The van der Waals surface area contributed by atoms with Crippen molar-refractivity contribution < 1.29 is 4.57 Å². The van der Waals surface area contributed by atoms with Crippen molar-refractivity contribution in [3.05, 3.63) is 35.8 Å². The van der Waals surface area contributed by atoms with E-state index in [1.165, 1.54) is 0 Å². The van der Waals surface area contributed by atoms with Gasteiger partial charge in [-0.2, -0.15) is 5.26 Å². The second-order valence-corrected chi connectivity index (χ2v) is 5.22. The summed E-state index contributed by atoms with van der Waals surface area (Å²) in [5, 5.41) is 19.8. The van der Waals surface area contributed by atoms with E-state index in [2.05, 4.69) is 16.3 Å². The minimum atomic E-state index is 0. The molecular weight excluding hydrogens is 282 g/mol. The molecule has 21 heavy (non-hydrogen) atoms. The Hall–Kier alpha value is -2.26. The van der Waals surface area contributed by atoms with E-state index < -0.39 is 0 Å². The summed E-state index contributed by atoms with van der Waals surface area (Å²) in [5.41, 5.74) is 1.89. The van der Waals surface area contributed by atoms with Gasteiger partial charge >= 0.3 is 5.13 Å². The lowest BCUT2D eigenvalue weighted by Crippen LogP contribution is -2.23. The molecule has 0 amide bonds. The molecule has 0 unspecified atom stereocenters. The van der Waals surface area contributed by atoms with Crippen LogP contribution in [0.15, 0.2) is 46.1 Å². The Balaban J connectivity index is 0.00000220. The lowest BCUT2D eigenvalue weighted by Gasteiger charge is -2.17. The minimum absolute atomic E-state index is 0. The second-order valence-electron chi connectivity index (χ2n) is 4.34. The summed E-state index contributed by atoms with van der Waals surface area (Å²) in [7, 11) is 3.91. The molecule has 0 spiro atoms. The summed E-state index contributed by atoms with van der Waals surface area (Å²) in [6, 6.07) is 9.97. The third-order valence-corrected chi connectivity index (χ3v) is 3.70. The van der Waals surface area contributed by atoms with E-state index in [0.29, 0.717) is 6.42 Å². The molecule has 2 aromatic rings. The smallest absolute Gasteiger partial charge is 0.374 e. The first-order chi connectivity index (χ1) is 9.70. The van der Waals surface area contributed by atoms with Gasteiger partial charge < -0.3 is 4.90 Å². The van der Waals surface area contributed by atoms with Gasteiger partial charge in [-0.05, 0) is 40.7 Å². The number of thiazole rings is 1. The lowest BCUT2D eigenvalue weighted by atomic mass is 10.2. The number of anilines is 1. The maximum absolute atomic E-state index is 8.58. The number of nitrogens with zero attached hydrogens (tertiary/aromatic N) is 5. The topological polar surface area (TPSA) is 55.6 Å². The molecule has 0 N–H and O–H groups in total. The fraction of sp³-hybridized carbons (Fsp3) is 0.333. The average molecular weight is 302 g/mol. The quantitative estimate of drug-likeness (QED) is 0.619. The van der Waals surface area contributed by atoms with Gasteiger partial charge in [-0.25, -0.2) is 4.57 Å². The maximum atomic E-state index is 8.58. The normalized spacial score (nSPS) is 10.1. The molecule has 0 aliphatic rings. The van der Waals surface area contributed by atoms with Gasteiger partial charge in [0.1, 0.15) is 11.9 Å². The molecule has 0 aliphatic carbocycles. The number of aromatic nitrogens is 1. The van der Waals surface area contributed by atoms with Gasteiger partial charge in [0.15, 0.2) is 0 Å². The van der Waals surface area contributed by atoms with Crippen molar-refractivity contribution in [1.82, 2.24) is 0 Å². The highest BCUT2D eigenvalue weighted by molar-refractivity contribution is 7.12. The van der Waals surface area contributed by atoms with Crippen molar-refractivity contribution in [3.8, 4) is 6.07 Å². The van der Waals surface area contributed by atoms with Crippen molar-refractivity contribution in [2.75, 3.05) is 18.5 Å². The van der Waals surface area contributed by atoms with Crippen molar-refractivity contribution in [2.24, 2.45) is 17.3 Å². The van der Waals surface area contributed by atoms with Crippen LogP contribution in [-0.4, -0.2) is 13.6 Å². The van der Waals surface area contributed by atoms with E-state index in [9.17, 15) is 0 Å². The van der Waals surface area contributed by atoms with Gasteiger partial charge in [0.2, 0.25) is 0 Å². The summed E-state index contributed by atoms with van der Waals surface area (Å²) in [6.07, 6.45) is 2.47. The highest BCUT2D eigenvalue weighted by Crippen LogP contribution is 2.22. The zero-order chi connectivity index (χ0) is 14.4. The Morgan fingerprint density at radius 1 is 1.29 bits per heavy atom. The van der Waals surface area contributed by atoms with Gasteiger partial charge in [-0.3, -0.25) is 0 Å². The third kappa shape index (κ3) is 4.65. The van der Waals surface area contributed by atoms with Crippen LogP contribution in [0, 0.1) is 11.3 Å². The number of aryl methyl sites for hydroxylation is 1. The molecule has 1 heterocycles. The summed E-state index contributed by atoms with van der Waals surface area (Å²) >= 11 is 1.55. The molecule has 0 saturated carbocycles. The van der Waals surface area contributed by atoms with Gasteiger partial charge in [0.05, 0.1) is 24.7 Å². The molecular formula is C15H20N5S+. The van der Waals surface area contributed by atoms with Gasteiger partial charge in [-0.15, -0.1) is 0 Å². The van der Waals surface area contributed by atoms with Crippen molar-refractivity contribution >= 4 is 27.8 Å². The fourth-order valence-electron chi connectivity index (χ4n) is 1.64. The third-order valence-electron chi connectivity index (χ3n) is 2.86. The van der Waals surface area contributed by atoms with Crippen LogP contribution in [0.1, 0.15) is 13.8 Å². The van der Waals surface area contributed by atoms with Crippen molar-refractivity contribution in [2.45, 2.75) is 13.8 Å². The Bertz CT molecular complexity index is 624. The summed E-state index contributed by atoms with van der Waals surface area (Å²) in [5.74, 6) is 0. The second kappa shape index (κ2) is 8.12. The lowest BCUT2D eigenvalue weighted by molar-refractivity contribution is -0.654. The van der Waals surface area contributed by atoms with Crippen molar-refractivity contribution in [3.63, 3.8) is 0 Å². The molecule has 0 aliphatic heterocycles. The number of rotatable bonds is 5. The predicted molar refractivity (Wildman–Crippen MR) is 86.3 cm³/mol. The van der Waals surface area contributed by atoms with Crippen LogP contribution in [0.3, 0.4) is 0 Å². The Labute approximate surface area is 129 Å². The molecule has 0 fully saturated rings. The first-order valence-corrected chi connectivity index (χ1v) is 7.11.